The van der Waals surface area contributed by atoms with E-state index in [1.807, 2.05) is 22.7 Å². The summed E-state index contributed by atoms with van der Waals surface area (Å²) in [6.07, 6.45) is 12.9. The molecule has 1 atom stereocenters. The van der Waals surface area contributed by atoms with Crippen LogP contribution in [0.2, 0.25) is 0 Å². The van der Waals surface area contributed by atoms with Gasteiger partial charge in [-0.2, -0.15) is 0 Å². The van der Waals surface area contributed by atoms with Crippen molar-refractivity contribution < 1.29 is 0 Å². The van der Waals surface area contributed by atoms with Crippen LogP contribution < -0.4 is 9.80 Å². The van der Waals surface area contributed by atoms with Crippen LogP contribution in [0.25, 0.3) is 58.1 Å². The van der Waals surface area contributed by atoms with E-state index < -0.39 is 0 Å². The summed E-state index contributed by atoms with van der Waals surface area (Å²) in [7, 11) is 0. The minimum atomic E-state index is 0.379. The van der Waals surface area contributed by atoms with Gasteiger partial charge in [-0.1, -0.05) is 146 Å². The number of allylic oxidation sites excluding steroid dienone is 5. The van der Waals surface area contributed by atoms with Gasteiger partial charge in [0.25, 0.3) is 0 Å². The highest BCUT2D eigenvalue weighted by molar-refractivity contribution is 7.26. The Morgan fingerprint density at radius 3 is 1.59 bits per heavy atom. The summed E-state index contributed by atoms with van der Waals surface area (Å²) in [5.74, 6) is 0.379. The fourth-order valence-corrected chi connectivity index (χ4v) is 12.4. The zero-order valence-corrected chi connectivity index (χ0v) is 36.9. The molecule has 2 aliphatic rings. The molecule has 2 nitrogen and oxygen atoms in total. The van der Waals surface area contributed by atoms with Gasteiger partial charge >= 0.3 is 0 Å². The number of anilines is 5. The Morgan fingerprint density at radius 2 is 0.953 bits per heavy atom. The predicted octanol–water partition coefficient (Wildman–Crippen LogP) is 17.7. The quantitative estimate of drug-likeness (QED) is 0.143. The number of benzene rings is 8. The van der Waals surface area contributed by atoms with Crippen LogP contribution in [-0.2, 0) is 6.42 Å². The Kier molecular flexibility index (Phi) is 9.89. The van der Waals surface area contributed by atoms with E-state index in [0.29, 0.717) is 5.92 Å². The fourth-order valence-electron chi connectivity index (χ4n) is 9.79. The lowest BCUT2D eigenvalue weighted by Gasteiger charge is -2.30. The molecule has 0 amide bonds. The molecule has 0 saturated carbocycles. The van der Waals surface area contributed by atoms with E-state index >= 15 is 0 Å². The van der Waals surface area contributed by atoms with Gasteiger partial charge in [0.1, 0.15) is 0 Å². The van der Waals surface area contributed by atoms with Gasteiger partial charge in [-0.3, -0.25) is 0 Å². The number of hydrogen-bond acceptors (Lipinski definition) is 4. The standard InChI is InChI=1S/C60H44N2S2/c1-3-13-45(14-4-1)61(49-37-29-43(30-38-49)51-19-11-21-55-53-17-7-9-23-57(53)63-59(51)55)47-33-25-41(26-34-47)42-27-35-48(36-28-42)62(46-15-5-2-6-16-46)50-39-31-44(32-40-50)52-20-12-22-56-54-18-8-10-24-58(54)64-60(52)56/h1-11,13-21,23-31,33-40,44H,12,22,32H2. The van der Waals surface area contributed by atoms with Crippen molar-refractivity contribution in [2.75, 3.05) is 9.80 Å². The Labute approximate surface area is 382 Å². The van der Waals surface area contributed by atoms with Crippen LogP contribution in [0.5, 0.6) is 0 Å². The number of para-hydroxylation sites is 2. The van der Waals surface area contributed by atoms with Crippen molar-refractivity contribution in [3.05, 3.63) is 241 Å². The SMILES string of the molecule is C1=CC(C2=CCCc3c2sc2ccccc32)CC=C1N(c1ccccc1)c1ccc(-c2ccc(N(c3ccccc3)c3ccc(-c4cccc5c4sc4ccccc45)cc3)cc2)cc1. The fraction of sp³-hybridized carbons (Fsp3) is 0.0667. The van der Waals surface area contributed by atoms with E-state index in [1.165, 1.54) is 68.7 Å². The van der Waals surface area contributed by atoms with Crippen molar-refractivity contribution in [2.45, 2.75) is 19.3 Å². The van der Waals surface area contributed by atoms with E-state index in [9.17, 15) is 0 Å². The topological polar surface area (TPSA) is 6.48 Å². The van der Waals surface area contributed by atoms with Crippen LogP contribution in [0.3, 0.4) is 0 Å². The Morgan fingerprint density at radius 1 is 0.422 bits per heavy atom. The first-order valence-corrected chi connectivity index (χ1v) is 23.9. The smallest absolute Gasteiger partial charge is 0.0462 e. The second-order valence-electron chi connectivity index (χ2n) is 16.7. The molecular formula is C60H44N2S2. The van der Waals surface area contributed by atoms with Crippen LogP contribution in [0.15, 0.2) is 230 Å². The van der Waals surface area contributed by atoms with E-state index in [4.69, 9.17) is 0 Å². The molecule has 306 valence electrons. The van der Waals surface area contributed by atoms with Crippen LogP contribution in [0, 0.1) is 5.92 Å². The van der Waals surface area contributed by atoms with Gasteiger partial charge in [-0.25, -0.2) is 0 Å². The third kappa shape index (κ3) is 6.96. The van der Waals surface area contributed by atoms with Crippen molar-refractivity contribution in [1.29, 1.82) is 0 Å². The van der Waals surface area contributed by atoms with E-state index in [-0.39, 0.29) is 0 Å². The lowest BCUT2D eigenvalue weighted by atomic mass is 9.84. The summed E-state index contributed by atoms with van der Waals surface area (Å²) in [4.78, 5) is 6.23. The number of aryl methyl sites for hydroxylation is 1. The molecule has 10 aromatic rings. The van der Waals surface area contributed by atoms with Crippen LogP contribution in [0.4, 0.5) is 28.4 Å². The largest absolute Gasteiger partial charge is 0.311 e. The first-order chi connectivity index (χ1) is 31.7. The lowest BCUT2D eigenvalue weighted by molar-refractivity contribution is 0.816. The van der Waals surface area contributed by atoms with Crippen molar-refractivity contribution in [3.8, 4) is 22.3 Å². The molecule has 2 heterocycles. The van der Waals surface area contributed by atoms with E-state index in [2.05, 4.69) is 234 Å². The van der Waals surface area contributed by atoms with Crippen molar-refractivity contribution in [1.82, 2.24) is 0 Å². The first-order valence-electron chi connectivity index (χ1n) is 22.2. The molecule has 1 unspecified atom stereocenters. The first kappa shape index (κ1) is 38.4. The lowest BCUT2D eigenvalue weighted by Crippen LogP contribution is -2.18. The summed E-state index contributed by atoms with van der Waals surface area (Å²) >= 11 is 3.84. The van der Waals surface area contributed by atoms with Gasteiger partial charge in [0.15, 0.2) is 0 Å². The normalized spacial score (nSPS) is 14.7. The molecule has 2 aliphatic carbocycles. The molecule has 0 N–H and O–H groups in total. The third-order valence-corrected chi connectivity index (χ3v) is 15.4. The number of thiophene rings is 2. The Bertz CT molecular complexity index is 3390. The summed E-state index contributed by atoms with van der Waals surface area (Å²) in [6.45, 7) is 0. The Balaban J connectivity index is 0.810. The zero-order valence-electron chi connectivity index (χ0n) is 35.3. The summed E-state index contributed by atoms with van der Waals surface area (Å²) in [5, 5.41) is 4.09. The van der Waals surface area contributed by atoms with E-state index in [0.717, 1.165) is 47.7 Å². The molecule has 0 radical (unpaired) electrons. The minimum absolute atomic E-state index is 0.379. The monoisotopic (exact) mass is 856 g/mol. The number of fused-ring (bicyclic) bond motifs is 6. The second kappa shape index (κ2) is 16.5. The molecule has 0 fully saturated rings. The molecule has 0 saturated heterocycles. The summed E-state index contributed by atoms with van der Waals surface area (Å²) in [5.41, 5.74) is 14.8. The maximum absolute atomic E-state index is 2.50. The average molecular weight is 857 g/mol. The van der Waals surface area contributed by atoms with Gasteiger partial charge in [-0.15, -0.1) is 22.7 Å². The van der Waals surface area contributed by atoms with Crippen LogP contribution in [-0.4, -0.2) is 0 Å². The van der Waals surface area contributed by atoms with Gasteiger partial charge in [0.2, 0.25) is 0 Å². The molecule has 4 heteroatoms. The predicted molar refractivity (Wildman–Crippen MR) is 277 cm³/mol. The minimum Gasteiger partial charge on any atom is -0.311 e. The number of rotatable bonds is 9. The average Bonchev–Trinajstić information content (AvgIpc) is 3.95. The van der Waals surface area contributed by atoms with Gasteiger partial charge < -0.3 is 9.80 Å². The molecule has 0 bridgehead atoms. The molecule has 8 aromatic carbocycles. The highest BCUT2D eigenvalue weighted by Crippen LogP contribution is 2.46. The maximum Gasteiger partial charge on any atom is 0.0462 e. The molecule has 2 aromatic heterocycles. The maximum atomic E-state index is 2.50. The van der Waals surface area contributed by atoms with Gasteiger partial charge in [0.05, 0.1) is 0 Å². The number of nitrogens with zero attached hydrogens (tertiary/aromatic N) is 2. The summed E-state index contributed by atoms with van der Waals surface area (Å²) < 4.78 is 4.07. The molecule has 0 aliphatic heterocycles. The van der Waals surface area contributed by atoms with Crippen LogP contribution >= 0.6 is 22.7 Å². The second-order valence-corrected chi connectivity index (χ2v) is 18.8. The molecule has 64 heavy (non-hydrogen) atoms. The van der Waals surface area contributed by atoms with Gasteiger partial charge in [0, 0.05) is 69.8 Å². The third-order valence-electron chi connectivity index (χ3n) is 12.9. The van der Waals surface area contributed by atoms with Crippen molar-refractivity contribution in [2.24, 2.45) is 5.92 Å². The van der Waals surface area contributed by atoms with E-state index in [1.54, 1.807) is 5.56 Å². The van der Waals surface area contributed by atoms with Crippen molar-refractivity contribution >= 4 is 86.9 Å². The van der Waals surface area contributed by atoms with Crippen molar-refractivity contribution in [3.63, 3.8) is 0 Å². The Hall–Kier alpha value is -7.24. The number of hydrogen-bond donors (Lipinski definition) is 0. The van der Waals surface area contributed by atoms with Crippen LogP contribution in [0.1, 0.15) is 23.3 Å². The zero-order chi connectivity index (χ0) is 42.4. The molecule has 0 spiro atoms. The van der Waals surface area contributed by atoms with Gasteiger partial charge in [-0.05, 0) is 137 Å². The highest BCUT2D eigenvalue weighted by atomic mass is 32.1. The molecule has 12 rings (SSSR count). The molecular weight excluding hydrogens is 813 g/mol. The highest BCUT2D eigenvalue weighted by Gasteiger charge is 2.26. The summed E-state index contributed by atoms with van der Waals surface area (Å²) in [6, 6.07) is 72.9.